The van der Waals surface area contributed by atoms with Gasteiger partial charge < -0.3 is 9.64 Å². The van der Waals surface area contributed by atoms with Crippen LogP contribution < -0.4 is 10.6 Å². The summed E-state index contributed by atoms with van der Waals surface area (Å²) in [7, 11) is 0. The molecule has 2 amide bonds. The molecule has 8 nitrogen and oxygen atoms in total. The maximum Gasteiger partial charge on any atom is 0.326 e. The summed E-state index contributed by atoms with van der Waals surface area (Å²) in [4.78, 5) is 21.1. The largest absolute Gasteiger partial charge is 0.364 e. The van der Waals surface area contributed by atoms with Gasteiger partial charge in [-0.15, -0.1) is 11.3 Å². The lowest BCUT2D eigenvalue weighted by molar-refractivity contribution is -0.0114. The van der Waals surface area contributed by atoms with E-state index >= 15 is 0 Å². The number of anilines is 2. The van der Waals surface area contributed by atoms with Crippen LogP contribution in [0.4, 0.5) is 15.7 Å². The van der Waals surface area contributed by atoms with Crippen LogP contribution in [0.15, 0.2) is 30.5 Å². The molecule has 5 rings (SSSR count). The molecule has 2 aliphatic rings. The third kappa shape index (κ3) is 4.87. The molecule has 0 aliphatic carbocycles. The minimum atomic E-state index is -0.503. The molecule has 34 heavy (non-hydrogen) atoms. The van der Waals surface area contributed by atoms with Crippen molar-refractivity contribution in [3.63, 3.8) is 0 Å². The second-order valence-electron chi connectivity index (χ2n) is 9.59. The number of hydrogen-bond acceptors (Lipinski definition) is 6. The number of urea groups is 1. The Labute approximate surface area is 204 Å². The van der Waals surface area contributed by atoms with Crippen molar-refractivity contribution in [2.45, 2.75) is 58.7 Å². The van der Waals surface area contributed by atoms with Crippen LogP contribution >= 0.6 is 11.3 Å². The highest BCUT2D eigenvalue weighted by Gasteiger charge is 2.38. The molecule has 1 fully saturated rings. The van der Waals surface area contributed by atoms with E-state index in [4.69, 9.17) is 9.84 Å². The monoisotopic (exact) mass is 480 g/mol. The number of nitrogens with one attached hydrogen (secondary N) is 2. The molecule has 2 N–H and O–H groups in total. The maximum absolute atomic E-state index is 12.9. The summed E-state index contributed by atoms with van der Waals surface area (Å²) in [5.74, 6) is 0.629. The number of thiazole rings is 1. The first-order valence-corrected chi connectivity index (χ1v) is 12.8. The zero-order chi connectivity index (χ0) is 23.7. The average Bonchev–Trinajstić information content (AvgIpc) is 3.50. The Morgan fingerprint density at radius 3 is 2.68 bits per heavy atom. The minimum Gasteiger partial charge on any atom is -0.364 e. The third-order valence-corrected chi connectivity index (χ3v) is 7.51. The van der Waals surface area contributed by atoms with Gasteiger partial charge in [-0.05, 0) is 65.3 Å². The lowest BCUT2D eigenvalue weighted by Gasteiger charge is -2.25. The van der Waals surface area contributed by atoms with Crippen molar-refractivity contribution in [2.75, 3.05) is 30.3 Å². The third-order valence-electron chi connectivity index (χ3n) is 6.54. The molecule has 3 aromatic rings. The molecule has 180 valence electrons. The molecule has 0 bridgehead atoms. The quantitative estimate of drug-likeness (QED) is 0.514. The number of hydrogen-bond donors (Lipinski definition) is 2. The van der Waals surface area contributed by atoms with Crippen LogP contribution in [0.25, 0.3) is 5.69 Å². The number of carbonyl (C=O) groups excluding carboxylic acids is 1. The first-order valence-electron chi connectivity index (χ1n) is 12.0. The van der Waals surface area contributed by atoms with Gasteiger partial charge in [0.25, 0.3) is 0 Å². The number of amides is 2. The Balaban J connectivity index is 1.29. The number of piperidine rings is 1. The van der Waals surface area contributed by atoms with Crippen LogP contribution in [0.3, 0.4) is 0 Å². The summed E-state index contributed by atoms with van der Waals surface area (Å²) in [6, 6.07) is 7.74. The number of likely N-dealkylation sites (tertiary alicyclic amines) is 1. The topological polar surface area (TPSA) is 84.3 Å². The van der Waals surface area contributed by atoms with Gasteiger partial charge in [0.1, 0.15) is 17.1 Å². The van der Waals surface area contributed by atoms with Crippen LogP contribution in [-0.2, 0) is 23.4 Å². The second kappa shape index (κ2) is 9.48. The van der Waals surface area contributed by atoms with E-state index in [0.717, 1.165) is 29.9 Å². The molecule has 2 aromatic heterocycles. The van der Waals surface area contributed by atoms with Crippen molar-refractivity contribution < 1.29 is 9.53 Å². The highest BCUT2D eigenvalue weighted by Crippen LogP contribution is 2.40. The fourth-order valence-corrected chi connectivity index (χ4v) is 5.36. The molecule has 2 aliphatic heterocycles. The van der Waals surface area contributed by atoms with Gasteiger partial charge in [0.05, 0.1) is 12.3 Å². The lowest BCUT2D eigenvalue weighted by atomic mass is 10.0. The van der Waals surface area contributed by atoms with E-state index in [1.165, 1.54) is 54.1 Å². The van der Waals surface area contributed by atoms with Gasteiger partial charge >= 0.3 is 6.03 Å². The van der Waals surface area contributed by atoms with Gasteiger partial charge in [-0.3, -0.25) is 10.6 Å². The lowest BCUT2D eigenvalue weighted by Crippen LogP contribution is -2.31. The summed E-state index contributed by atoms with van der Waals surface area (Å²) in [6.45, 7) is 9.86. The summed E-state index contributed by atoms with van der Waals surface area (Å²) in [6.07, 6.45) is 6.76. The summed E-state index contributed by atoms with van der Waals surface area (Å²) in [5.41, 5.74) is 3.30. The van der Waals surface area contributed by atoms with E-state index in [-0.39, 0.29) is 6.03 Å². The second-order valence-corrected chi connectivity index (χ2v) is 10.7. The Morgan fingerprint density at radius 2 is 1.91 bits per heavy atom. The summed E-state index contributed by atoms with van der Waals surface area (Å²) >= 11 is 1.53. The fraction of sp³-hybridized carbons (Fsp3) is 0.480. The molecule has 1 saturated heterocycles. The zero-order valence-electron chi connectivity index (χ0n) is 20.1. The fourth-order valence-electron chi connectivity index (χ4n) is 4.56. The zero-order valence-corrected chi connectivity index (χ0v) is 20.9. The van der Waals surface area contributed by atoms with Crippen LogP contribution in [0, 0.1) is 6.92 Å². The van der Waals surface area contributed by atoms with E-state index in [0.29, 0.717) is 17.6 Å². The van der Waals surface area contributed by atoms with E-state index < -0.39 is 5.60 Å². The Hall–Kier alpha value is -2.75. The van der Waals surface area contributed by atoms with E-state index in [1.807, 2.05) is 51.2 Å². The van der Waals surface area contributed by atoms with E-state index in [1.54, 1.807) is 4.68 Å². The SMILES string of the molecule is Cc1ccc(-n2nc3c(c2NC(=O)Nc2ncc(CCN4CCCCC4)s2)COC3(C)C)cc1. The number of carbonyl (C=O) groups is 1. The molecule has 4 heterocycles. The Kier molecular flexibility index (Phi) is 6.42. The summed E-state index contributed by atoms with van der Waals surface area (Å²) in [5, 5.41) is 11.3. The first kappa shape index (κ1) is 23.0. The predicted molar refractivity (Wildman–Crippen MR) is 135 cm³/mol. The molecule has 0 saturated carbocycles. The molecule has 0 radical (unpaired) electrons. The molecule has 0 unspecified atom stereocenters. The van der Waals surface area contributed by atoms with Crippen LogP contribution in [-0.4, -0.2) is 45.3 Å². The highest BCUT2D eigenvalue weighted by atomic mass is 32.1. The molecule has 9 heteroatoms. The standard InChI is InChI=1S/C25H32N6O2S/c1-17-7-9-18(10-8-17)31-22(20-16-33-25(2,3)21(20)29-31)27-23(32)28-24-26-15-19(34-24)11-14-30-12-5-4-6-13-30/h7-10,15H,4-6,11-14,16H2,1-3H3,(H2,26,27,28,32). The van der Waals surface area contributed by atoms with Gasteiger partial charge in [-0.1, -0.05) is 24.1 Å². The molecular formula is C25H32N6O2S. The van der Waals surface area contributed by atoms with Crippen molar-refractivity contribution in [1.29, 1.82) is 0 Å². The van der Waals surface area contributed by atoms with Gasteiger partial charge in [0, 0.05) is 23.2 Å². The van der Waals surface area contributed by atoms with Gasteiger partial charge in [-0.2, -0.15) is 5.10 Å². The van der Waals surface area contributed by atoms with Gasteiger partial charge in [0.15, 0.2) is 5.13 Å². The minimum absolute atomic E-state index is 0.335. The average molecular weight is 481 g/mol. The van der Waals surface area contributed by atoms with Crippen molar-refractivity contribution in [3.05, 3.63) is 52.2 Å². The first-order chi connectivity index (χ1) is 16.4. The van der Waals surface area contributed by atoms with Crippen molar-refractivity contribution in [3.8, 4) is 5.69 Å². The van der Waals surface area contributed by atoms with Gasteiger partial charge in [0.2, 0.25) is 0 Å². The van der Waals surface area contributed by atoms with E-state index in [9.17, 15) is 4.79 Å². The number of nitrogens with zero attached hydrogens (tertiary/aromatic N) is 4. The number of fused-ring (bicyclic) bond motifs is 1. The molecule has 0 spiro atoms. The summed E-state index contributed by atoms with van der Waals surface area (Å²) < 4.78 is 7.71. The Bertz CT molecular complexity index is 1160. The van der Waals surface area contributed by atoms with Crippen molar-refractivity contribution in [1.82, 2.24) is 19.7 Å². The number of rotatable bonds is 6. The molecule has 0 atom stereocenters. The van der Waals surface area contributed by atoms with Crippen LogP contribution in [0.2, 0.25) is 0 Å². The van der Waals surface area contributed by atoms with Crippen LogP contribution in [0.5, 0.6) is 0 Å². The number of aromatic nitrogens is 3. The van der Waals surface area contributed by atoms with Crippen LogP contribution in [0.1, 0.15) is 54.8 Å². The number of ether oxygens (including phenoxy) is 1. The smallest absolute Gasteiger partial charge is 0.326 e. The molecule has 1 aromatic carbocycles. The van der Waals surface area contributed by atoms with Crippen molar-refractivity contribution in [2.24, 2.45) is 0 Å². The van der Waals surface area contributed by atoms with Crippen molar-refractivity contribution >= 4 is 28.3 Å². The highest BCUT2D eigenvalue weighted by molar-refractivity contribution is 7.15. The Morgan fingerprint density at radius 1 is 1.15 bits per heavy atom. The predicted octanol–water partition coefficient (Wildman–Crippen LogP) is 5.07. The normalized spacial score (nSPS) is 17.5. The maximum atomic E-state index is 12.9. The number of benzene rings is 1. The molecular weight excluding hydrogens is 448 g/mol. The number of aryl methyl sites for hydroxylation is 1. The van der Waals surface area contributed by atoms with E-state index in [2.05, 4.69) is 20.5 Å². The van der Waals surface area contributed by atoms with Gasteiger partial charge in [-0.25, -0.2) is 14.5 Å².